The van der Waals surface area contributed by atoms with Crippen molar-refractivity contribution in [3.63, 3.8) is 0 Å². The number of aliphatic hydroxyl groups excluding tert-OH is 1. The van der Waals surface area contributed by atoms with Crippen LogP contribution in [0.2, 0.25) is 0 Å². The summed E-state index contributed by atoms with van der Waals surface area (Å²) in [6.07, 6.45) is 0. The maximum Gasteiger partial charge on any atom is 0.131 e. The van der Waals surface area contributed by atoms with Crippen LogP contribution in [0.5, 0.6) is 0 Å². The Balaban J connectivity index is 3.25. The van der Waals surface area contributed by atoms with Gasteiger partial charge in [-0.2, -0.15) is 0 Å². The molecule has 0 amide bonds. The van der Waals surface area contributed by atoms with E-state index in [1.165, 1.54) is 0 Å². The molecule has 1 aromatic carbocycles. The lowest BCUT2D eigenvalue weighted by molar-refractivity contribution is 0.265. The molecule has 72 valence electrons. The van der Waals surface area contributed by atoms with Crippen LogP contribution in [0.25, 0.3) is 0 Å². The third-order valence-corrected chi connectivity index (χ3v) is 2.16. The van der Waals surface area contributed by atoms with Crippen molar-refractivity contribution in [1.29, 1.82) is 0 Å². The number of rotatable bonds is 2. The number of aliphatic hydroxyl groups is 1. The number of nitrogens with two attached hydrogens (primary N) is 1. The van der Waals surface area contributed by atoms with Crippen LogP contribution >= 0.6 is 0 Å². The van der Waals surface area contributed by atoms with Gasteiger partial charge in [-0.25, -0.2) is 4.39 Å². The van der Waals surface area contributed by atoms with Gasteiger partial charge in [0.15, 0.2) is 0 Å². The molecule has 3 N–H and O–H groups in total. The standard InChI is InChI=1S/C10H14FNO/c1-6-3-4-7(2)10(11)9(6)8(12)5-13/h3-4,8,13H,5,12H2,1-2H3. The molecule has 0 aliphatic carbocycles. The lowest BCUT2D eigenvalue weighted by Gasteiger charge is -2.14. The zero-order chi connectivity index (χ0) is 10.0. The SMILES string of the molecule is Cc1ccc(C)c(C(N)CO)c1F. The van der Waals surface area contributed by atoms with Crippen molar-refractivity contribution in [2.24, 2.45) is 5.73 Å². The fourth-order valence-electron chi connectivity index (χ4n) is 1.34. The highest BCUT2D eigenvalue weighted by Crippen LogP contribution is 2.21. The topological polar surface area (TPSA) is 46.2 Å². The van der Waals surface area contributed by atoms with Crippen LogP contribution in [0, 0.1) is 19.7 Å². The molecule has 0 aliphatic rings. The molecule has 1 atom stereocenters. The minimum atomic E-state index is -0.625. The van der Waals surface area contributed by atoms with E-state index in [1.54, 1.807) is 19.9 Å². The van der Waals surface area contributed by atoms with Crippen molar-refractivity contribution >= 4 is 0 Å². The van der Waals surface area contributed by atoms with Crippen molar-refractivity contribution in [2.75, 3.05) is 6.61 Å². The Morgan fingerprint density at radius 1 is 1.38 bits per heavy atom. The van der Waals surface area contributed by atoms with Gasteiger partial charge in [-0.3, -0.25) is 0 Å². The van der Waals surface area contributed by atoms with Gasteiger partial charge in [0.25, 0.3) is 0 Å². The van der Waals surface area contributed by atoms with Gasteiger partial charge in [0, 0.05) is 5.56 Å². The van der Waals surface area contributed by atoms with Crippen LogP contribution in [0.1, 0.15) is 22.7 Å². The van der Waals surface area contributed by atoms with E-state index in [9.17, 15) is 4.39 Å². The summed E-state index contributed by atoms with van der Waals surface area (Å²) >= 11 is 0. The highest BCUT2D eigenvalue weighted by Gasteiger charge is 2.14. The summed E-state index contributed by atoms with van der Waals surface area (Å²) in [5, 5.41) is 8.84. The van der Waals surface area contributed by atoms with Gasteiger partial charge in [-0.1, -0.05) is 12.1 Å². The molecule has 0 spiro atoms. The van der Waals surface area contributed by atoms with Gasteiger partial charge in [0.2, 0.25) is 0 Å². The Morgan fingerprint density at radius 3 is 2.46 bits per heavy atom. The van der Waals surface area contributed by atoms with Gasteiger partial charge in [-0.15, -0.1) is 0 Å². The van der Waals surface area contributed by atoms with Crippen molar-refractivity contribution in [1.82, 2.24) is 0 Å². The highest BCUT2D eigenvalue weighted by atomic mass is 19.1. The molecule has 0 bridgehead atoms. The second kappa shape index (κ2) is 3.85. The highest BCUT2D eigenvalue weighted by molar-refractivity contribution is 5.34. The summed E-state index contributed by atoms with van der Waals surface area (Å²) in [6, 6.07) is 2.89. The summed E-state index contributed by atoms with van der Waals surface area (Å²) in [4.78, 5) is 0. The predicted octanol–water partition coefficient (Wildman–Crippen LogP) is 1.43. The molecular formula is C10H14FNO. The first-order valence-corrected chi connectivity index (χ1v) is 4.20. The summed E-state index contributed by atoms with van der Waals surface area (Å²) in [7, 11) is 0. The van der Waals surface area contributed by atoms with Crippen LogP contribution in [-0.2, 0) is 0 Å². The van der Waals surface area contributed by atoms with Crippen LogP contribution in [-0.4, -0.2) is 11.7 Å². The lowest BCUT2D eigenvalue weighted by Crippen LogP contribution is -2.18. The fourth-order valence-corrected chi connectivity index (χ4v) is 1.34. The Hall–Kier alpha value is -0.930. The minimum Gasteiger partial charge on any atom is -0.394 e. The van der Waals surface area contributed by atoms with E-state index >= 15 is 0 Å². The molecule has 0 saturated heterocycles. The minimum absolute atomic E-state index is 0.235. The average Bonchev–Trinajstić information content (AvgIpc) is 2.12. The maximum absolute atomic E-state index is 13.5. The van der Waals surface area contributed by atoms with E-state index < -0.39 is 6.04 Å². The molecule has 13 heavy (non-hydrogen) atoms. The molecule has 3 heteroatoms. The summed E-state index contributed by atoms with van der Waals surface area (Å²) in [5.74, 6) is -0.304. The Bertz CT molecular complexity index is 312. The molecule has 2 nitrogen and oxygen atoms in total. The molecule has 0 aromatic heterocycles. The van der Waals surface area contributed by atoms with Crippen molar-refractivity contribution in [3.05, 3.63) is 34.6 Å². The molecule has 0 fully saturated rings. The first kappa shape index (κ1) is 10.2. The van der Waals surface area contributed by atoms with Crippen LogP contribution in [0.15, 0.2) is 12.1 Å². The van der Waals surface area contributed by atoms with E-state index in [0.29, 0.717) is 11.1 Å². The maximum atomic E-state index is 13.5. The number of hydrogen-bond donors (Lipinski definition) is 2. The quantitative estimate of drug-likeness (QED) is 0.728. The van der Waals surface area contributed by atoms with Gasteiger partial charge < -0.3 is 10.8 Å². The van der Waals surface area contributed by atoms with Crippen molar-refractivity contribution < 1.29 is 9.50 Å². The Labute approximate surface area is 77.2 Å². The van der Waals surface area contributed by atoms with Crippen LogP contribution < -0.4 is 5.73 Å². The van der Waals surface area contributed by atoms with E-state index in [1.807, 2.05) is 6.07 Å². The van der Waals surface area contributed by atoms with Crippen molar-refractivity contribution in [2.45, 2.75) is 19.9 Å². The predicted molar refractivity (Wildman–Crippen MR) is 49.9 cm³/mol. The molecule has 1 rings (SSSR count). The zero-order valence-electron chi connectivity index (χ0n) is 7.84. The molecular weight excluding hydrogens is 169 g/mol. The third-order valence-electron chi connectivity index (χ3n) is 2.16. The Morgan fingerprint density at radius 2 is 1.92 bits per heavy atom. The zero-order valence-corrected chi connectivity index (χ0v) is 7.84. The molecule has 0 saturated carbocycles. The molecule has 0 radical (unpaired) electrons. The van der Waals surface area contributed by atoms with E-state index in [-0.39, 0.29) is 12.4 Å². The van der Waals surface area contributed by atoms with Crippen LogP contribution in [0.4, 0.5) is 4.39 Å². The smallest absolute Gasteiger partial charge is 0.131 e. The average molecular weight is 183 g/mol. The number of hydrogen-bond acceptors (Lipinski definition) is 2. The largest absolute Gasteiger partial charge is 0.394 e. The van der Waals surface area contributed by atoms with Crippen LogP contribution in [0.3, 0.4) is 0 Å². The van der Waals surface area contributed by atoms with Crippen molar-refractivity contribution in [3.8, 4) is 0 Å². The van der Waals surface area contributed by atoms with E-state index in [4.69, 9.17) is 10.8 Å². The second-order valence-electron chi connectivity index (χ2n) is 3.22. The number of aryl methyl sites for hydroxylation is 2. The normalized spacial score (nSPS) is 13.0. The molecule has 1 unspecified atom stereocenters. The van der Waals surface area contributed by atoms with E-state index in [0.717, 1.165) is 5.56 Å². The summed E-state index contributed by atoms with van der Waals surface area (Å²) < 4.78 is 13.5. The first-order valence-electron chi connectivity index (χ1n) is 4.20. The third kappa shape index (κ3) is 1.87. The number of benzene rings is 1. The van der Waals surface area contributed by atoms with Gasteiger partial charge in [-0.05, 0) is 25.0 Å². The van der Waals surface area contributed by atoms with Gasteiger partial charge in [0.1, 0.15) is 5.82 Å². The molecule has 1 aromatic rings. The fraction of sp³-hybridized carbons (Fsp3) is 0.400. The molecule has 0 aliphatic heterocycles. The van der Waals surface area contributed by atoms with E-state index in [2.05, 4.69) is 0 Å². The number of halogens is 1. The summed E-state index contributed by atoms with van der Waals surface area (Å²) in [6.45, 7) is 3.23. The molecule has 0 heterocycles. The summed E-state index contributed by atoms with van der Waals surface area (Å²) in [5.41, 5.74) is 7.34. The first-order chi connectivity index (χ1) is 6.07. The Kier molecular flexibility index (Phi) is 3.01. The monoisotopic (exact) mass is 183 g/mol. The van der Waals surface area contributed by atoms with Gasteiger partial charge in [0.05, 0.1) is 12.6 Å². The second-order valence-corrected chi connectivity index (χ2v) is 3.22. The van der Waals surface area contributed by atoms with Gasteiger partial charge >= 0.3 is 0 Å². The lowest BCUT2D eigenvalue weighted by atomic mass is 9.99.